The van der Waals surface area contributed by atoms with Crippen LogP contribution in [0.2, 0.25) is 0 Å². The molecule has 1 saturated heterocycles. The first kappa shape index (κ1) is 19.3. The van der Waals surface area contributed by atoms with Crippen molar-refractivity contribution in [3.8, 4) is 5.75 Å². The number of ether oxygens (including phenoxy) is 1. The van der Waals surface area contributed by atoms with Crippen LogP contribution < -0.4 is 10.3 Å². The highest BCUT2D eigenvalue weighted by Gasteiger charge is 2.26. The summed E-state index contributed by atoms with van der Waals surface area (Å²) in [7, 11) is 0. The van der Waals surface area contributed by atoms with Gasteiger partial charge in [0.2, 0.25) is 0 Å². The van der Waals surface area contributed by atoms with Gasteiger partial charge in [-0.25, -0.2) is 0 Å². The monoisotopic (exact) mass is 369 g/mol. The highest BCUT2D eigenvalue weighted by Crippen LogP contribution is 2.24. The predicted molar refractivity (Wildman–Crippen MR) is 104 cm³/mol. The molecule has 3 rings (SSSR count). The standard InChI is InChI=1S/C21H27N3O3/c1-2-13-27-20-6-4-3-5-17(20)14-19(25)16-7-11-24(12-8-16)15-18-21(26)23-10-9-22-18/h3-6,9-10,16H,2,7-8,11-15H2,1H3,(H,23,26). The van der Waals surface area contributed by atoms with E-state index in [0.29, 0.717) is 25.3 Å². The van der Waals surface area contributed by atoms with Crippen molar-refractivity contribution in [3.05, 3.63) is 58.3 Å². The average molecular weight is 369 g/mol. The first-order valence-corrected chi connectivity index (χ1v) is 9.65. The molecule has 0 atom stereocenters. The number of carbonyl (C=O) groups excluding carboxylic acids is 1. The van der Waals surface area contributed by atoms with Crippen molar-refractivity contribution >= 4 is 5.78 Å². The quantitative estimate of drug-likeness (QED) is 0.774. The lowest BCUT2D eigenvalue weighted by atomic mass is 9.89. The van der Waals surface area contributed by atoms with Gasteiger partial charge >= 0.3 is 0 Å². The molecule has 1 aromatic carbocycles. The summed E-state index contributed by atoms with van der Waals surface area (Å²) in [5.41, 5.74) is 1.36. The number of para-hydroxylation sites is 1. The van der Waals surface area contributed by atoms with Gasteiger partial charge in [0.05, 0.1) is 6.61 Å². The van der Waals surface area contributed by atoms with E-state index in [1.54, 1.807) is 12.4 Å². The number of piperidine rings is 1. The minimum Gasteiger partial charge on any atom is -0.493 e. The summed E-state index contributed by atoms with van der Waals surface area (Å²) < 4.78 is 5.77. The molecule has 0 radical (unpaired) electrons. The Bertz CT molecular complexity index is 810. The van der Waals surface area contributed by atoms with Gasteiger partial charge in [0.1, 0.15) is 17.2 Å². The summed E-state index contributed by atoms with van der Waals surface area (Å²) in [4.78, 5) is 33.5. The zero-order chi connectivity index (χ0) is 19.1. The Balaban J connectivity index is 1.53. The van der Waals surface area contributed by atoms with Crippen molar-refractivity contribution in [1.82, 2.24) is 14.9 Å². The molecule has 2 aromatic rings. The predicted octanol–water partition coefficient (Wildman–Crippen LogP) is 2.58. The van der Waals surface area contributed by atoms with Crippen LogP contribution in [-0.4, -0.2) is 40.3 Å². The van der Waals surface area contributed by atoms with Gasteiger partial charge in [-0.3, -0.25) is 19.5 Å². The first-order chi connectivity index (χ1) is 13.2. The van der Waals surface area contributed by atoms with Crippen molar-refractivity contribution in [2.45, 2.75) is 39.2 Å². The van der Waals surface area contributed by atoms with Crippen LogP contribution in [-0.2, 0) is 17.8 Å². The summed E-state index contributed by atoms with van der Waals surface area (Å²) in [5.74, 6) is 1.17. The smallest absolute Gasteiger partial charge is 0.270 e. The molecule has 2 heterocycles. The van der Waals surface area contributed by atoms with Crippen molar-refractivity contribution in [1.29, 1.82) is 0 Å². The fraction of sp³-hybridized carbons (Fsp3) is 0.476. The molecule has 6 heteroatoms. The summed E-state index contributed by atoms with van der Waals surface area (Å²) in [6.45, 7) is 4.88. The molecule has 1 fully saturated rings. The normalized spacial score (nSPS) is 15.6. The van der Waals surface area contributed by atoms with Gasteiger partial charge in [-0.05, 0) is 38.4 Å². The van der Waals surface area contributed by atoms with Crippen LogP contribution in [0, 0.1) is 5.92 Å². The molecule has 144 valence electrons. The van der Waals surface area contributed by atoms with E-state index in [1.165, 1.54) is 0 Å². The third-order valence-electron chi connectivity index (χ3n) is 5.00. The summed E-state index contributed by atoms with van der Waals surface area (Å²) in [6, 6.07) is 7.81. The van der Waals surface area contributed by atoms with Crippen LogP contribution in [0.25, 0.3) is 0 Å². The van der Waals surface area contributed by atoms with Crippen molar-refractivity contribution < 1.29 is 9.53 Å². The third kappa shape index (κ3) is 5.26. The molecular weight excluding hydrogens is 342 g/mol. The van der Waals surface area contributed by atoms with Crippen LogP contribution in [0.4, 0.5) is 0 Å². The van der Waals surface area contributed by atoms with Gasteiger partial charge in [-0.1, -0.05) is 25.1 Å². The number of carbonyl (C=O) groups is 1. The Morgan fingerprint density at radius 1 is 1.30 bits per heavy atom. The number of aromatic nitrogens is 2. The van der Waals surface area contributed by atoms with E-state index in [0.717, 1.165) is 43.7 Å². The molecule has 0 amide bonds. The summed E-state index contributed by atoms with van der Waals surface area (Å²) in [6.07, 6.45) is 6.15. The number of Topliss-reactive ketones (excluding diaryl/α,β-unsaturated/α-hetero) is 1. The zero-order valence-corrected chi connectivity index (χ0v) is 15.8. The number of nitrogens with one attached hydrogen (secondary N) is 1. The lowest BCUT2D eigenvalue weighted by molar-refractivity contribution is -0.123. The van der Waals surface area contributed by atoms with E-state index >= 15 is 0 Å². The molecule has 0 spiro atoms. The van der Waals surface area contributed by atoms with Gasteiger partial charge in [-0.2, -0.15) is 0 Å². The minimum atomic E-state index is -0.139. The SMILES string of the molecule is CCCOc1ccccc1CC(=O)C1CCN(Cc2ncc[nH]c2=O)CC1. The van der Waals surface area contributed by atoms with Crippen LogP contribution >= 0.6 is 0 Å². The molecule has 1 aliphatic heterocycles. The molecule has 1 aliphatic rings. The minimum absolute atomic E-state index is 0.0718. The van der Waals surface area contributed by atoms with E-state index in [-0.39, 0.29) is 17.3 Å². The Morgan fingerprint density at radius 3 is 2.81 bits per heavy atom. The average Bonchev–Trinajstić information content (AvgIpc) is 2.69. The maximum Gasteiger partial charge on any atom is 0.270 e. The van der Waals surface area contributed by atoms with E-state index in [1.807, 2.05) is 24.3 Å². The molecule has 1 N–H and O–H groups in total. The molecule has 27 heavy (non-hydrogen) atoms. The number of H-pyrrole nitrogens is 1. The first-order valence-electron chi connectivity index (χ1n) is 9.65. The maximum absolute atomic E-state index is 12.8. The van der Waals surface area contributed by atoms with Gasteiger partial charge in [-0.15, -0.1) is 0 Å². The Labute approximate surface area is 159 Å². The number of benzene rings is 1. The lowest BCUT2D eigenvalue weighted by Crippen LogP contribution is -2.37. The van der Waals surface area contributed by atoms with E-state index in [2.05, 4.69) is 21.8 Å². The Hall–Kier alpha value is -2.47. The number of hydrogen-bond acceptors (Lipinski definition) is 5. The van der Waals surface area contributed by atoms with Gasteiger partial charge in [0.25, 0.3) is 5.56 Å². The number of likely N-dealkylation sites (tertiary alicyclic amines) is 1. The largest absolute Gasteiger partial charge is 0.493 e. The molecule has 0 bridgehead atoms. The molecular formula is C21H27N3O3. The molecule has 0 saturated carbocycles. The van der Waals surface area contributed by atoms with E-state index in [4.69, 9.17) is 4.74 Å². The topological polar surface area (TPSA) is 75.3 Å². The van der Waals surface area contributed by atoms with Crippen LogP contribution in [0.15, 0.2) is 41.5 Å². The highest BCUT2D eigenvalue weighted by molar-refractivity contribution is 5.84. The second kappa shape index (κ2) is 9.46. The second-order valence-electron chi connectivity index (χ2n) is 7.01. The fourth-order valence-corrected chi connectivity index (χ4v) is 3.45. The number of rotatable bonds is 8. The number of aromatic amines is 1. The van der Waals surface area contributed by atoms with Crippen LogP contribution in [0.1, 0.15) is 37.4 Å². The van der Waals surface area contributed by atoms with Crippen molar-refractivity contribution in [3.63, 3.8) is 0 Å². The summed E-state index contributed by atoms with van der Waals surface area (Å²) >= 11 is 0. The van der Waals surface area contributed by atoms with E-state index in [9.17, 15) is 9.59 Å². The number of nitrogens with zero attached hydrogens (tertiary/aromatic N) is 2. The molecule has 1 aromatic heterocycles. The van der Waals surface area contributed by atoms with Crippen LogP contribution in [0.3, 0.4) is 0 Å². The van der Waals surface area contributed by atoms with Gasteiger partial charge in [0, 0.05) is 36.8 Å². The molecule has 0 unspecified atom stereocenters. The van der Waals surface area contributed by atoms with Gasteiger partial charge in [0.15, 0.2) is 0 Å². The number of ketones is 1. The maximum atomic E-state index is 12.8. The lowest BCUT2D eigenvalue weighted by Gasteiger charge is -2.30. The zero-order valence-electron chi connectivity index (χ0n) is 15.8. The van der Waals surface area contributed by atoms with E-state index < -0.39 is 0 Å². The third-order valence-corrected chi connectivity index (χ3v) is 5.00. The molecule has 0 aliphatic carbocycles. The second-order valence-corrected chi connectivity index (χ2v) is 7.01. The highest BCUT2D eigenvalue weighted by atomic mass is 16.5. The molecule has 6 nitrogen and oxygen atoms in total. The summed E-state index contributed by atoms with van der Waals surface area (Å²) in [5, 5.41) is 0. The Kier molecular flexibility index (Phi) is 6.76. The fourth-order valence-electron chi connectivity index (χ4n) is 3.45. The van der Waals surface area contributed by atoms with Crippen LogP contribution in [0.5, 0.6) is 5.75 Å². The van der Waals surface area contributed by atoms with Gasteiger partial charge < -0.3 is 9.72 Å². The number of hydrogen-bond donors (Lipinski definition) is 1. The Morgan fingerprint density at radius 2 is 2.07 bits per heavy atom. The van der Waals surface area contributed by atoms with Crippen molar-refractivity contribution in [2.24, 2.45) is 5.92 Å². The van der Waals surface area contributed by atoms with Crippen molar-refractivity contribution in [2.75, 3.05) is 19.7 Å².